The van der Waals surface area contributed by atoms with Crippen LogP contribution in [-0.2, 0) is 9.59 Å². The van der Waals surface area contributed by atoms with E-state index in [-0.39, 0.29) is 17.9 Å². The molecule has 2 amide bonds. The molecular formula is C11H21N3O2. The van der Waals surface area contributed by atoms with Gasteiger partial charge in [0.15, 0.2) is 0 Å². The van der Waals surface area contributed by atoms with E-state index in [4.69, 9.17) is 0 Å². The smallest absolute Gasteiger partial charge is 0.242 e. The number of amides is 2. The van der Waals surface area contributed by atoms with Crippen molar-refractivity contribution >= 4 is 11.8 Å². The zero-order valence-electron chi connectivity index (χ0n) is 10.2. The molecule has 1 fully saturated rings. The van der Waals surface area contributed by atoms with E-state index in [1.54, 1.807) is 6.92 Å². The Kier molecular flexibility index (Phi) is 4.73. The van der Waals surface area contributed by atoms with Crippen molar-refractivity contribution in [3.8, 4) is 0 Å². The van der Waals surface area contributed by atoms with E-state index in [2.05, 4.69) is 16.0 Å². The van der Waals surface area contributed by atoms with Gasteiger partial charge in [0.25, 0.3) is 0 Å². The summed E-state index contributed by atoms with van der Waals surface area (Å²) in [6, 6.07) is 0.123. The van der Waals surface area contributed by atoms with E-state index in [0.717, 1.165) is 12.8 Å². The summed E-state index contributed by atoms with van der Waals surface area (Å²) in [6.45, 7) is 5.76. The number of rotatable bonds is 6. The summed E-state index contributed by atoms with van der Waals surface area (Å²) in [7, 11) is 0. The summed E-state index contributed by atoms with van der Waals surface area (Å²) in [6.07, 6.45) is 2.30. The fourth-order valence-electron chi connectivity index (χ4n) is 1.29. The zero-order chi connectivity index (χ0) is 12.1. The van der Waals surface area contributed by atoms with Crippen molar-refractivity contribution in [1.82, 2.24) is 16.0 Å². The molecule has 16 heavy (non-hydrogen) atoms. The summed E-state index contributed by atoms with van der Waals surface area (Å²) >= 11 is 0. The molecule has 0 aromatic heterocycles. The standard InChI is InChI=1S/C11H21N3O2/c1-7(2)13-11(16)8(3)14-10(15)6-12-9-4-5-9/h7-9,12H,4-6H2,1-3H3,(H,13,16)(H,14,15). The van der Waals surface area contributed by atoms with Gasteiger partial charge in [-0.3, -0.25) is 9.59 Å². The highest BCUT2D eigenvalue weighted by Gasteiger charge is 2.22. The van der Waals surface area contributed by atoms with Crippen LogP contribution in [0.25, 0.3) is 0 Å². The second kappa shape index (κ2) is 5.84. The molecule has 1 aliphatic rings. The van der Waals surface area contributed by atoms with Crippen molar-refractivity contribution < 1.29 is 9.59 Å². The highest BCUT2D eigenvalue weighted by atomic mass is 16.2. The molecule has 1 atom stereocenters. The van der Waals surface area contributed by atoms with Gasteiger partial charge >= 0.3 is 0 Å². The van der Waals surface area contributed by atoms with Gasteiger partial charge in [-0.25, -0.2) is 0 Å². The molecule has 0 aromatic carbocycles. The summed E-state index contributed by atoms with van der Waals surface area (Å²) in [5.74, 6) is -0.270. The van der Waals surface area contributed by atoms with E-state index in [1.807, 2.05) is 13.8 Å². The minimum absolute atomic E-state index is 0.0939. The molecule has 1 unspecified atom stereocenters. The Hall–Kier alpha value is -1.10. The molecule has 0 spiro atoms. The Balaban J connectivity index is 2.17. The second-order valence-corrected chi connectivity index (χ2v) is 4.61. The number of nitrogens with one attached hydrogen (secondary N) is 3. The molecule has 1 aliphatic carbocycles. The van der Waals surface area contributed by atoms with Crippen LogP contribution in [0.5, 0.6) is 0 Å². The van der Waals surface area contributed by atoms with Crippen LogP contribution < -0.4 is 16.0 Å². The lowest BCUT2D eigenvalue weighted by molar-refractivity contribution is -0.128. The van der Waals surface area contributed by atoms with Crippen LogP contribution in [0.2, 0.25) is 0 Å². The predicted octanol–water partition coefficient (Wildman–Crippen LogP) is -0.232. The SMILES string of the molecule is CC(C)NC(=O)C(C)NC(=O)CNC1CC1. The molecule has 5 nitrogen and oxygen atoms in total. The van der Waals surface area contributed by atoms with Gasteiger partial charge in [0.1, 0.15) is 6.04 Å². The van der Waals surface area contributed by atoms with Gasteiger partial charge in [0.2, 0.25) is 11.8 Å². The monoisotopic (exact) mass is 227 g/mol. The van der Waals surface area contributed by atoms with Crippen molar-refractivity contribution in [1.29, 1.82) is 0 Å². The zero-order valence-corrected chi connectivity index (χ0v) is 10.2. The normalized spacial score (nSPS) is 17.0. The quantitative estimate of drug-likeness (QED) is 0.587. The van der Waals surface area contributed by atoms with Crippen molar-refractivity contribution in [2.24, 2.45) is 0 Å². The van der Waals surface area contributed by atoms with Gasteiger partial charge in [0, 0.05) is 12.1 Å². The lowest BCUT2D eigenvalue weighted by atomic mass is 10.3. The van der Waals surface area contributed by atoms with E-state index in [0.29, 0.717) is 12.6 Å². The molecule has 0 radical (unpaired) electrons. The Morgan fingerprint density at radius 3 is 2.31 bits per heavy atom. The largest absolute Gasteiger partial charge is 0.352 e. The Morgan fingerprint density at radius 1 is 1.19 bits per heavy atom. The van der Waals surface area contributed by atoms with Gasteiger partial charge < -0.3 is 16.0 Å². The highest BCUT2D eigenvalue weighted by Crippen LogP contribution is 2.17. The molecule has 92 valence electrons. The van der Waals surface area contributed by atoms with Crippen LogP contribution in [0.4, 0.5) is 0 Å². The van der Waals surface area contributed by atoms with E-state index in [9.17, 15) is 9.59 Å². The van der Waals surface area contributed by atoms with Crippen molar-refractivity contribution in [2.75, 3.05) is 6.54 Å². The first-order valence-corrected chi connectivity index (χ1v) is 5.82. The number of carbonyl (C=O) groups excluding carboxylic acids is 2. The van der Waals surface area contributed by atoms with Crippen molar-refractivity contribution in [3.63, 3.8) is 0 Å². The Labute approximate surface area is 96.4 Å². The van der Waals surface area contributed by atoms with Gasteiger partial charge in [-0.05, 0) is 33.6 Å². The van der Waals surface area contributed by atoms with Crippen LogP contribution >= 0.6 is 0 Å². The van der Waals surface area contributed by atoms with Crippen molar-refractivity contribution in [2.45, 2.75) is 51.7 Å². The first kappa shape index (κ1) is 13.0. The Morgan fingerprint density at radius 2 is 1.81 bits per heavy atom. The molecule has 3 N–H and O–H groups in total. The van der Waals surface area contributed by atoms with Crippen LogP contribution in [-0.4, -0.2) is 36.5 Å². The van der Waals surface area contributed by atoms with Gasteiger partial charge in [-0.2, -0.15) is 0 Å². The fourth-order valence-corrected chi connectivity index (χ4v) is 1.29. The molecule has 1 rings (SSSR count). The number of carbonyl (C=O) groups is 2. The third-order valence-electron chi connectivity index (χ3n) is 2.33. The summed E-state index contributed by atoms with van der Waals surface area (Å²) in [5, 5.41) is 8.50. The highest BCUT2D eigenvalue weighted by molar-refractivity contribution is 5.88. The molecule has 1 saturated carbocycles. The first-order valence-electron chi connectivity index (χ1n) is 5.82. The Bertz CT molecular complexity index is 262. The number of hydrogen-bond donors (Lipinski definition) is 3. The maximum atomic E-state index is 11.5. The average molecular weight is 227 g/mol. The topological polar surface area (TPSA) is 70.2 Å². The van der Waals surface area contributed by atoms with Gasteiger partial charge in [0.05, 0.1) is 6.54 Å². The maximum Gasteiger partial charge on any atom is 0.242 e. The molecule has 5 heteroatoms. The van der Waals surface area contributed by atoms with Crippen molar-refractivity contribution in [3.05, 3.63) is 0 Å². The second-order valence-electron chi connectivity index (χ2n) is 4.61. The van der Waals surface area contributed by atoms with Crippen LogP contribution in [0.1, 0.15) is 33.6 Å². The first-order chi connectivity index (χ1) is 7.49. The van der Waals surface area contributed by atoms with Gasteiger partial charge in [-0.1, -0.05) is 0 Å². The molecule has 0 aliphatic heterocycles. The summed E-state index contributed by atoms with van der Waals surface area (Å²) in [4.78, 5) is 22.9. The van der Waals surface area contributed by atoms with Crippen LogP contribution in [0.15, 0.2) is 0 Å². The van der Waals surface area contributed by atoms with Crippen LogP contribution in [0.3, 0.4) is 0 Å². The minimum atomic E-state index is -0.476. The van der Waals surface area contributed by atoms with E-state index < -0.39 is 6.04 Å². The van der Waals surface area contributed by atoms with E-state index in [1.165, 1.54) is 0 Å². The maximum absolute atomic E-state index is 11.5. The minimum Gasteiger partial charge on any atom is -0.352 e. The molecular weight excluding hydrogens is 206 g/mol. The molecule has 0 heterocycles. The lowest BCUT2D eigenvalue weighted by Gasteiger charge is -2.16. The average Bonchev–Trinajstić information content (AvgIpc) is 2.96. The third-order valence-corrected chi connectivity index (χ3v) is 2.33. The van der Waals surface area contributed by atoms with Gasteiger partial charge in [-0.15, -0.1) is 0 Å². The molecule has 0 saturated heterocycles. The number of hydrogen-bond acceptors (Lipinski definition) is 3. The summed E-state index contributed by atoms with van der Waals surface area (Å²) < 4.78 is 0. The van der Waals surface area contributed by atoms with Crippen LogP contribution in [0, 0.1) is 0 Å². The third kappa shape index (κ3) is 5.11. The fraction of sp³-hybridized carbons (Fsp3) is 0.818. The summed E-state index contributed by atoms with van der Waals surface area (Å²) in [5.41, 5.74) is 0. The molecule has 0 bridgehead atoms. The predicted molar refractivity (Wildman–Crippen MR) is 61.9 cm³/mol. The molecule has 0 aromatic rings. The lowest BCUT2D eigenvalue weighted by Crippen LogP contribution is -2.48. The van der Waals surface area contributed by atoms with E-state index >= 15 is 0 Å².